The zero-order valence-electron chi connectivity index (χ0n) is 8.44. The number of aryl methyl sites for hydroxylation is 1. The average Bonchev–Trinajstić information content (AvgIpc) is 2.13. The molecule has 0 radical (unpaired) electrons. The maximum Gasteiger partial charge on any atom is 0.126 e. The van der Waals surface area contributed by atoms with Crippen molar-refractivity contribution in [2.24, 2.45) is 0 Å². The molecule has 0 aliphatic rings. The molecule has 0 saturated heterocycles. The normalized spacial score (nSPS) is 10.9. The molecule has 0 aliphatic carbocycles. The molecule has 2 nitrogen and oxygen atoms in total. The van der Waals surface area contributed by atoms with Gasteiger partial charge in [-0.1, -0.05) is 11.6 Å². The van der Waals surface area contributed by atoms with Gasteiger partial charge >= 0.3 is 0 Å². The van der Waals surface area contributed by atoms with Crippen molar-refractivity contribution in [1.82, 2.24) is 4.98 Å². The number of nitrogens with zero attached hydrogens (tertiary/aromatic N) is 1. The molecular formula is C11H10ClFN2. The van der Waals surface area contributed by atoms with Crippen LogP contribution in [-0.4, -0.2) is 4.98 Å². The predicted octanol–water partition coefficient (Wildman–Crippen LogP) is 3.23. The molecule has 0 atom stereocenters. The Kier molecular flexibility index (Phi) is 2.27. The van der Waals surface area contributed by atoms with Crippen LogP contribution in [0, 0.1) is 19.7 Å². The van der Waals surface area contributed by atoms with E-state index in [2.05, 4.69) is 4.98 Å². The van der Waals surface area contributed by atoms with Crippen LogP contribution in [0.25, 0.3) is 10.9 Å². The number of benzene rings is 1. The van der Waals surface area contributed by atoms with E-state index in [0.29, 0.717) is 21.6 Å². The molecule has 1 aromatic heterocycles. The Labute approximate surface area is 91.9 Å². The summed E-state index contributed by atoms with van der Waals surface area (Å²) in [6, 6.07) is 2.58. The number of anilines is 1. The van der Waals surface area contributed by atoms with Crippen LogP contribution in [0.2, 0.25) is 5.02 Å². The number of nitrogen functional groups attached to an aromatic ring is 1. The zero-order valence-corrected chi connectivity index (χ0v) is 9.19. The third kappa shape index (κ3) is 1.53. The molecule has 2 N–H and O–H groups in total. The molecular weight excluding hydrogens is 215 g/mol. The molecule has 0 spiro atoms. The Morgan fingerprint density at radius 2 is 2.00 bits per heavy atom. The molecule has 15 heavy (non-hydrogen) atoms. The lowest BCUT2D eigenvalue weighted by molar-refractivity contribution is 0.629. The highest BCUT2D eigenvalue weighted by molar-refractivity contribution is 6.36. The molecule has 78 valence electrons. The monoisotopic (exact) mass is 224 g/mol. The minimum Gasteiger partial charge on any atom is -0.398 e. The van der Waals surface area contributed by atoms with Crippen LogP contribution in [0.15, 0.2) is 12.1 Å². The standard InChI is InChI=1S/C11H10ClFN2/c1-5-6(2)15-9-4-7(13)3-8(12)10(9)11(5)14/h3-4H,1-2H3,(H2,14,15). The van der Waals surface area contributed by atoms with Crippen LogP contribution in [0.4, 0.5) is 10.1 Å². The van der Waals surface area contributed by atoms with Gasteiger partial charge in [0.25, 0.3) is 0 Å². The summed E-state index contributed by atoms with van der Waals surface area (Å²) in [5.41, 5.74) is 8.67. The summed E-state index contributed by atoms with van der Waals surface area (Å²) in [5.74, 6) is -0.400. The summed E-state index contributed by atoms with van der Waals surface area (Å²) in [7, 11) is 0. The maximum absolute atomic E-state index is 13.1. The summed E-state index contributed by atoms with van der Waals surface area (Å²) in [5, 5.41) is 0.930. The Morgan fingerprint density at radius 3 is 2.67 bits per heavy atom. The Bertz CT molecular complexity index is 552. The van der Waals surface area contributed by atoms with E-state index >= 15 is 0 Å². The topological polar surface area (TPSA) is 38.9 Å². The lowest BCUT2D eigenvalue weighted by atomic mass is 10.1. The molecule has 4 heteroatoms. The highest BCUT2D eigenvalue weighted by atomic mass is 35.5. The Hall–Kier alpha value is -1.35. The first-order valence-corrected chi connectivity index (χ1v) is 4.90. The smallest absolute Gasteiger partial charge is 0.126 e. The summed E-state index contributed by atoms with van der Waals surface area (Å²) in [4.78, 5) is 4.25. The quantitative estimate of drug-likeness (QED) is 0.746. The lowest BCUT2D eigenvalue weighted by Crippen LogP contribution is -1.98. The highest BCUT2D eigenvalue weighted by Gasteiger charge is 2.10. The van der Waals surface area contributed by atoms with Gasteiger partial charge in [0.2, 0.25) is 0 Å². The van der Waals surface area contributed by atoms with Crippen molar-refractivity contribution in [1.29, 1.82) is 0 Å². The van der Waals surface area contributed by atoms with Gasteiger partial charge in [-0.25, -0.2) is 4.39 Å². The minimum absolute atomic E-state index is 0.304. The van der Waals surface area contributed by atoms with E-state index in [1.165, 1.54) is 12.1 Å². The molecule has 2 aromatic rings. The van der Waals surface area contributed by atoms with Gasteiger partial charge < -0.3 is 5.73 Å². The van der Waals surface area contributed by atoms with Crippen LogP contribution < -0.4 is 5.73 Å². The average molecular weight is 225 g/mol. The summed E-state index contributed by atoms with van der Waals surface area (Å²) >= 11 is 5.93. The van der Waals surface area contributed by atoms with E-state index in [1.54, 1.807) is 0 Å². The summed E-state index contributed by atoms with van der Waals surface area (Å²) in [6.07, 6.45) is 0. The van der Waals surface area contributed by atoms with Crippen LogP contribution in [0.1, 0.15) is 11.3 Å². The summed E-state index contributed by atoms with van der Waals surface area (Å²) in [6.45, 7) is 3.71. The van der Waals surface area contributed by atoms with Gasteiger partial charge in [0.15, 0.2) is 0 Å². The van der Waals surface area contributed by atoms with E-state index in [0.717, 1.165) is 11.3 Å². The van der Waals surface area contributed by atoms with Crippen molar-refractivity contribution in [3.05, 3.63) is 34.2 Å². The SMILES string of the molecule is Cc1nc2cc(F)cc(Cl)c2c(N)c1C. The number of hydrogen-bond acceptors (Lipinski definition) is 2. The van der Waals surface area contributed by atoms with E-state index in [1.807, 2.05) is 13.8 Å². The molecule has 2 rings (SSSR count). The van der Waals surface area contributed by atoms with E-state index in [4.69, 9.17) is 17.3 Å². The first kappa shape index (κ1) is 10.2. The molecule has 1 aromatic carbocycles. The lowest BCUT2D eigenvalue weighted by Gasteiger charge is -2.09. The first-order chi connectivity index (χ1) is 7.00. The number of fused-ring (bicyclic) bond motifs is 1. The second-order valence-electron chi connectivity index (χ2n) is 3.52. The van der Waals surface area contributed by atoms with Crippen molar-refractivity contribution in [2.75, 3.05) is 5.73 Å². The van der Waals surface area contributed by atoms with Crippen LogP contribution in [-0.2, 0) is 0 Å². The molecule has 0 amide bonds. The number of halogens is 2. The minimum atomic E-state index is -0.400. The van der Waals surface area contributed by atoms with Gasteiger partial charge in [-0.15, -0.1) is 0 Å². The predicted molar refractivity (Wildman–Crippen MR) is 60.6 cm³/mol. The van der Waals surface area contributed by atoms with Gasteiger partial charge in [-0.3, -0.25) is 4.98 Å². The van der Waals surface area contributed by atoms with Crippen LogP contribution in [0.3, 0.4) is 0 Å². The third-order valence-corrected chi connectivity index (χ3v) is 2.84. The van der Waals surface area contributed by atoms with Gasteiger partial charge in [0, 0.05) is 22.8 Å². The number of hydrogen-bond donors (Lipinski definition) is 1. The van der Waals surface area contributed by atoms with Crippen molar-refractivity contribution >= 4 is 28.2 Å². The first-order valence-electron chi connectivity index (χ1n) is 4.52. The van der Waals surface area contributed by atoms with Crippen molar-refractivity contribution < 1.29 is 4.39 Å². The number of nitrogens with two attached hydrogens (primary N) is 1. The second-order valence-corrected chi connectivity index (χ2v) is 3.92. The fourth-order valence-electron chi connectivity index (χ4n) is 1.56. The molecule has 0 fully saturated rings. The van der Waals surface area contributed by atoms with Crippen molar-refractivity contribution in [3.63, 3.8) is 0 Å². The molecule has 1 heterocycles. The van der Waals surface area contributed by atoms with Crippen LogP contribution >= 0.6 is 11.6 Å². The fourth-order valence-corrected chi connectivity index (χ4v) is 1.86. The second kappa shape index (κ2) is 3.35. The Morgan fingerprint density at radius 1 is 1.33 bits per heavy atom. The van der Waals surface area contributed by atoms with E-state index in [-0.39, 0.29) is 0 Å². The Balaban J connectivity index is 2.99. The fraction of sp³-hybridized carbons (Fsp3) is 0.182. The number of pyridine rings is 1. The zero-order chi connectivity index (χ0) is 11.2. The maximum atomic E-state index is 13.1. The summed E-state index contributed by atoms with van der Waals surface area (Å²) < 4.78 is 13.1. The largest absolute Gasteiger partial charge is 0.398 e. The molecule has 0 aliphatic heterocycles. The van der Waals surface area contributed by atoms with Crippen molar-refractivity contribution in [3.8, 4) is 0 Å². The molecule has 0 unspecified atom stereocenters. The number of aromatic nitrogens is 1. The van der Waals surface area contributed by atoms with Crippen molar-refractivity contribution in [2.45, 2.75) is 13.8 Å². The number of rotatable bonds is 0. The van der Waals surface area contributed by atoms with Gasteiger partial charge in [-0.2, -0.15) is 0 Å². The van der Waals surface area contributed by atoms with Gasteiger partial charge in [0.05, 0.1) is 10.5 Å². The van der Waals surface area contributed by atoms with Gasteiger partial charge in [-0.05, 0) is 25.5 Å². The molecule has 0 saturated carbocycles. The van der Waals surface area contributed by atoms with E-state index < -0.39 is 5.82 Å². The van der Waals surface area contributed by atoms with E-state index in [9.17, 15) is 4.39 Å². The molecule has 0 bridgehead atoms. The van der Waals surface area contributed by atoms with Gasteiger partial charge in [0.1, 0.15) is 5.82 Å². The highest BCUT2D eigenvalue weighted by Crippen LogP contribution is 2.31. The van der Waals surface area contributed by atoms with Crippen LogP contribution in [0.5, 0.6) is 0 Å². The third-order valence-electron chi connectivity index (χ3n) is 2.54.